The Balaban J connectivity index is 2.82. The normalized spacial score (nSPS) is 13.8. The van der Waals surface area contributed by atoms with E-state index in [9.17, 15) is 4.79 Å². The van der Waals surface area contributed by atoms with Crippen LogP contribution in [0.3, 0.4) is 0 Å². The van der Waals surface area contributed by atoms with E-state index in [4.69, 9.17) is 10.9 Å². The Morgan fingerprint density at radius 2 is 2.24 bits per heavy atom. The highest BCUT2D eigenvalue weighted by atomic mass is 32.1. The standard InChI is InChI=1S/C11H17N3O2S/c1-6(2)8(10(12)14-16)13-11(15)9-7(3)4-5-17-9/h4-6,8,16H,1-3H3,(H2,12,14)(H,13,15). The number of nitrogens with zero attached hydrogens (tertiary/aromatic N) is 1. The molecule has 0 aliphatic heterocycles. The minimum Gasteiger partial charge on any atom is -0.409 e. The van der Waals surface area contributed by atoms with Crippen molar-refractivity contribution >= 4 is 23.1 Å². The largest absolute Gasteiger partial charge is 0.409 e. The van der Waals surface area contributed by atoms with Crippen LogP contribution in [-0.2, 0) is 0 Å². The van der Waals surface area contributed by atoms with Gasteiger partial charge in [-0.05, 0) is 29.9 Å². The molecule has 0 radical (unpaired) electrons. The molecule has 5 nitrogen and oxygen atoms in total. The second kappa shape index (κ2) is 5.67. The number of amides is 1. The second-order valence-corrected chi connectivity index (χ2v) is 5.07. The summed E-state index contributed by atoms with van der Waals surface area (Å²) in [4.78, 5) is 12.6. The maximum Gasteiger partial charge on any atom is 0.262 e. The first-order valence-electron chi connectivity index (χ1n) is 5.29. The Morgan fingerprint density at radius 1 is 1.59 bits per heavy atom. The van der Waals surface area contributed by atoms with E-state index in [0.29, 0.717) is 4.88 Å². The summed E-state index contributed by atoms with van der Waals surface area (Å²) >= 11 is 1.38. The Kier molecular flexibility index (Phi) is 4.51. The van der Waals surface area contributed by atoms with Gasteiger partial charge in [-0.25, -0.2) is 0 Å². The van der Waals surface area contributed by atoms with Gasteiger partial charge in [0.1, 0.15) is 0 Å². The molecular formula is C11H17N3O2S. The quantitative estimate of drug-likeness (QED) is 0.330. The van der Waals surface area contributed by atoms with Crippen LogP contribution in [0.4, 0.5) is 0 Å². The predicted molar refractivity (Wildman–Crippen MR) is 68.6 cm³/mol. The molecular weight excluding hydrogens is 238 g/mol. The fourth-order valence-corrected chi connectivity index (χ4v) is 2.28. The van der Waals surface area contributed by atoms with Gasteiger partial charge in [0.2, 0.25) is 0 Å². The Bertz CT molecular complexity index is 426. The smallest absolute Gasteiger partial charge is 0.262 e. The van der Waals surface area contributed by atoms with Crippen molar-refractivity contribution in [2.75, 3.05) is 0 Å². The molecule has 1 amide bonds. The number of rotatable bonds is 4. The number of nitrogens with one attached hydrogen (secondary N) is 1. The van der Waals surface area contributed by atoms with Crippen molar-refractivity contribution < 1.29 is 10.0 Å². The van der Waals surface area contributed by atoms with Crippen molar-refractivity contribution in [2.45, 2.75) is 26.8 Å². The molecule has 1 aromatic heterocycles. The minimum atomic E-state index is -0.464. The van der Waals surface area contributed by atoms with E-state index < -0.39 is 6.04 Å². The fraction of sp³-hybridized carbons (Fsp3) is 0.455. The molecule has 0 saturated heterocycles. The van der Waals surface area contributed by atoms with Crippen LogP contribution in [0, 0.1) is 12.8 Å². The molecule has 0 fully saturated rings. The first-order valence-corrected chi connectivity index (χ1v) is 6.17. The lowest BCUT2D eigenvalue weighted by Gasteiger charge is -2.20. The van der Waals surface area contributed by atoms with Crippen LogP contribution in [0.5, 0.6) is 0 Å². The van der Waals surface area contributed by atoms with Crippen LogP contribution >= 0.6 is 11.3 Å². The van der Waals surface area contributed by atoms with E-state index in [-0.39, 0.29) is 17.7 Å². The highest BCUT2D eigenvalue weighted by Crippen LogP contribution is 2.16. The van der Waals surface area contributed by atoms with Crippen LogP contribution in [-0.4, -0.2) is 23.0 Å². The van der Waals surface area contributed by atoms with E-state index in [2.05, 4.69) is 10.5 Å². The molecule has 1 atom stereocenters. The van der Waals surface area contributed by atoms with Crippen LogP contribution in [0.1, 0.15) is 29.1 Å². The number of hydrogen-bond acceptors (Lipinski definition) is 4. The van der Waals surface area contributed by atoms with E-state index in [1.54, 1.807) is 0 Å². The topological polar surface area (TPSA) is 87.7 Å². The highest BCUT2D eigenvalue weighted by molar-refractivity contribution is 7.12. The number of amidine groups is 1. The average molecular weight is 255 g/mol. The first-order chi connectivity index (χ1) is 7.97. The lowest BCUT2D eigenvalue weighted by atomic mass is 10.0. The van der Waals surface area contributed by atoms with Crippen LogP contribution in [0.25, 0.3) is 0 Å². The fourth-order valence-electron chi connectivity index (χ4n) is 1.46. The van der Waals surface area contributed by atoms with E-state index in [0.717, 1.165) is 5.56 Å². The number of nitrogens with two attached hydrogens (primary N) is 1. The zero-order valence-electron chi connectivity index (χ0n) is 10.1. The van der Waals surface area contributed by atoms with Crippen molar-refractivity contribution in [1.82, 2.24) is 5.32 Å². The maximum atomic E-state index is 12.0. The maximum absolute atomic E-state index is 12.0. The number of oxime groups is 1. The third-order valence-corrected chi connectivity index (χ3v) is 3.47. The van der Waals surface area contributed by atoms with Crippen LogP contribution in [0.15, 0.2) is 16.6 Å². The summed E-state index contributed by atoms with van der Waals surface area (Å²) < 4.78 is 0. The molecule has 0 aromatic carbocycles. The predicted octanol–water partition coefficient (Wildman–Crippen LogP) is 1.56. The molecule has 6 heteroatoms. The molecule has 17 heavy (non-hydrogen) atoms. The molecule has 0 aliphatic carbocycles. The molecule has 0 saturated carbocycles. The summed E-state index contributed by atoms with van der Waals surface area (Å²) in [6.07, 6.45) is 0. The lowest BCUT2D eigenvalue weighted by molar-refractivity contribution is 0.0942. The van der Waals surface area contributed by atoms with Gasteiger partial charge in [0.25, 0.3) is 5.91 Å². The van der Waals surface area contributed by atoms with Crippen LogP contribution in [0.2, 0.25) is 0 Å². The molecule has 0 aliphatic rings. The third kappa shape index (κ3) is 3.20. The van der Waals surface area contributed by atoms with Gasteiger partial charge in [0.15, 0.2) is 5.84 Å². The van der Waals surface area contributed by atoms with Gasteiger partial charge in [-0.1, -0.05) is 19.0 Å². The van der Waals surface area contributed by atoms with E-state index in [1.807, 2.05) is 32.2 Å². The van der Waals surface area contributed by atoms with Crippen molar-refractivity contribution in [2.24, 2.45) is 16.8 Å². The Labute approximate surface area is 104 Å². The van der Waals surface area contributed by atoms with E-state index >= 15 is 0 Å². The van der Waals surface area contributed by atoms with Crippen molar-refractivity contribution in [3.8, 4) is 0 Å². The van der Waals surface area contributed by atoms with Crippen molar-refractivity contribution in [3.63, 3.8) is 0 Å². The molecule has 0 bridgehead atoms. The number of carbonyl (C=O) groups excluding carboxylic acids is 1. The number of thiophene rings is 1. The average Bonchev–Trinajstić information content (AvgIpc) is 2.70. The Morgan fingerprint density at radius 3 is 2.65 bits per heavy atom. The summed E-state index contributed by atoms with van der Waals surface area (Å²) in [5.74, 6) is -0.125. The van der Waals surface area contributed by atoms with Gasteiger partial charge in [-0.15, -0.1) is 11.3 Å². The van der Waals surface area contributed by atoms with Gasteiger partial charge >= 0.3 is 0 Å². The van der Waals surface area contributed by atoms with Gasteiger partial charge in [0, 0.05) is 0 Å². The lowest BCUT2D eigenvalue weighted by Crippen LogP contribution is -2.47. The molecule has 4 N–H and O–H groups in total. The van der Waals surface area contributed by atoms with Gasteiger partial charge in [0.05, 0.1) is 10.9 Å². The van der Waals surface area contributed by atoms with Gasteiger partial charge in [-0.3, -0.25) is 4.79 Å². The first kappa shape index (κ1) is 13.5. The number of aryl methyl sites for hydroxylation is 1. The second-order valence-electron chi connectivity index (χ2n) is 4.15. The summed E-state index contributed by atoms with van der Waals surface area (Å²) in [5, 5.41) is 16.2. The van der Waals surface area contributed by atoms with E-state index in [1.165, 1.54) is 11.3 Å². The molecule has 1 unspecified atom stereocenters. The molecule has 94 valence electrons. The monoisotopic (exact) mass is 255 g/mol. The summed E-state index contributed by atoms with van der Waals surface area (Å²) in [5.41, 5.74) is 6.47. The zero-order chi connectivity index (χ0) is 13.0. The highest BCUT2D eigenvalue weighted by Gasteiger charge is 2.22. The number of hydrogen-bond donors (Lipinski definition) is 3. The zero-order valence-corrected chi connectivity index (χ0v) is 10.9. The third-order valence-electron chi connectivity index (χ3n) is 2.46. The molecule has 1 aromatic rings. The SMILES string of the molecule is Cc1ccsc1C(=O)NC(C(N)=NO)C(C)C. The van der Waals surface area contributed by atoms with Gasteiger partial charge in [-0.2, -0.15) is 0 Å². The summed E-state index contributed by atoms with van der Waals surface area (Å²) in [7, 11) is 0. The molecule has 1 heterocycles. The van der Waals surface area contributed by atoms with Gasteiger partial charge < -0.3 is 16.3 Å². The summed E-state index contributed by atoms with van der Waals surface area (Å²) in [6.45, 7) is 5.66. The summed E-state index contributed by atoms with van der Waals surface area (Å²) in [6, 6.07) is 1.42. The van der Waals surface area contributed by atoms with Crippen LogP contribution < -0.4 is 11.1 Å². The molecule has 1 rings (SSSR count). The molecule has 0 spiro atoms. The van der Waals surface area contributed by atoms with Crippen molar-refractivity contribution in [1.29, 1.82) is 0 Å². The van der Waals surface area contributed by atoms with Crippen molar-refractivity contribution in [3.05, 3.63) is 21.9 Å². The Hall–Kier alpha value is -1.56. The number of carbonyl (C=O) groups is 1. The minimum absolute atomic E-state index is 0.0163.